The molecule has 24 heavy (non-hydrogen) atoms. The van der Waals surface area contributed by atoms with Gasteiger partial charge in [-0.2, -0.15) is 0 Å². The maximum atomic E-state index is 12.9. The number of hydrogen-bond donors (Lipinski definition) is 2. The zero-order valence-corrected chi connectivity index (χ0v) is 13.4. The lowest BCUT2D eigenvalue weighted by atomic mass is 10.1. The summed E-state index contributed by atoms with van der Waals surface area (Å²) in [4.78, 5) is 23.9. The minimum Gasteiger partial charge on any atom is -0.352 e. The Morgan fingerprint density at radius 3 is 2.29 bits per heavy atom. The highest BCUT2D eigenvalue weighted by Crippen LogP contribution is 2.37. The Hall–Kier alpha value is -2.69. The van der Waals surface area contributed by atoms with Crippen molar-refractivity contribution in [1.82, 2.24) is 5.32 Å². The topological polar surface area (TPSA) is 58.2 Å². The van der Waals surface area contributed by atoms with Gasteiger partial charge in [0.15, 0.2) is 0 Å². The van der Waals surface area contributed by atoms with Crippen LogP contribution in [-0.4, -0.2) is 11.8 Å². The zero-order valence-electron chi connectivity index (χ0n) is 13.4. The number of anilines is 1. The predicted molar refractivity (Wildman–Crippen MR) is 89.9 cm³/mol. The first kappa shape index (κ1) is 16.2. The molecule has 0 aliphatic heterocycles. The van der Waals surface area contributed by atoms with Crippen LogP contribution in [0.15, 0.2) is 48.5 Å². The molecule has 3 rings (SSSR count). The first-order valence-corrected chi connectivity index (χ1v) is 7.96. The van der Waals surface area contributed by atoms with Gasteiger partial charge in [0, 0.05) is 23.7 Å². The maximum absolute atomic E-state index is 12.9. The molecule has 0 bridgehead atoms. The number of nitrogens with one attached hydrogen (secondary N) is 2. The van der Waals surface area contributed by atoms with E-state index in [2.05, 4.69) is 17.6 Å². The summed E-state index contributed by atoms with van der Waals surface area (Å²) in [7, 11) is 0. The quantitative estimate of drug-likeness (QED) is 0.885. The highest BCUT2D eigenvalue weighted by Gasteiger charge is 2.38. The Labute approximate surface area is 140 Å². The van der Waals surface area contributed by atoms with Crippen LogP contribution >= 0.6 is 0 Å². The first-order chi connectivity index (χ1) is 11.5. The molecule has 5 heteroatoms. The van der Waals surface area contributed by atoms with Crippen molar-refractivity contribution in [3.63, 3.8) is 0 Å². The maximum Gasteiger partial charge on any atom is 0.255 e. The summed E-state index contributed by atoms with van der Waals surface area (Å²) in [5, 5.41) is 5.62. The van der Waals surface area contributed by atoms with Gasteiger partial charge in [-0.15, -0.1) is 0 Å². The predicted octanol–water partition coefficient (Wildman–Crippen LogP) is 3.35. The van der Waals surface area contributed by atoms with Gasteiger partial charge in [0.05, 0.1) is 0 Å². The van der Waals surface area contributed by atoms with Gasteiger partial charge < -0.3 is 10.6 Å². The average Bonchev–Trinajstić information content (AvgIpc) is 3.32. The van der Waals surface area contributed by atoms with Crippen LogP contribution in [0.5, 0.6) is 0 Å². The molecule has 1 saturated carbocycles. The Balaban J connectivity index is 1.54. The molecule has 0 saturated heterocycles. The summed E-state index contributed by atoms with van der Waals surface area (Å²) in [5.41, 5.74) is 1.98. The van der Waals surface area contributed by atoms with E-state index in [0.717, 1.165) is 12.0 Å². The highest BCUT2D eigenvalue weighted by molar-refractivity contribution is 6.04. The van der Waals surface area contributed by atoms with E-state index in [0.29, 0.717) is 23.7 Å². The molecule has 124 valence electrons. The molecule has 1 aliphatic rings. The molecule has 2 amide bonds. The van der Waals surface area contributed by atoms with Crippen LogP contribution in [-0.2, 0) is 11.3 Å². The van der Waals surface area contributed by atoms with Crippen LogP contribution in [0.4, 0.5) is 10.1 Å². The lowest BCUT2D eigenvalue weighted by Crippen LogP contribution is -2.24. The molecule has 2 aromatic rings. The second-order valence-corrected chi connectivity index (χ2v) is 6.20. The van der Waals surface area contributed by atoms with Crippen molar-refractivity contribution in [3.8, 4) is 0 Å². The van der Waals surface area contributed by atoms with Gasteiger partial charge in [-0.3, -0.25) is 9.59 Å². The fraction of sp³-hybridized carbons (Fsp3) is 0.263. The summed E-state index contributed by atoms with van der Waals surface area (Å²) in [6.45, 7) is 2.53. The summed E-state index contributed by atoms with van der Waals surface area (Å²) < 4.78 is 12.9. The van der Waals surface area contributed by atoms with Gasteiger partial charge in [-0.05, 0) is 54.3 Å². The number of benzene rings is 2. The van der Waals surface area contributed by atoms with E-state index < -0.39 is 0 Å². The first-order valence-electron chi connectivity index (χ1n) is 7.96. The minimum atomic E-state index is -0.347. The monoisotopic (exact) mass is 326 g/mol. The Morgan fingerprint density at radius 1 is 1.08 bits per heavy atom. The van der Waals surface area contributed by atoms with Gasteiger partial charge in [0.1, 0.15) is 5.82 Å². The third-order valence-corrected chi connectivity index (χ3v) is 4.23. The fourth-order valence-corrected chi connectivity index (χ4v) is 2.52. The molecule has 0 unspecified atom stereocenters. The van der Waals surface area contributed by atoms with Crippen LogP contribution in [0.1, 0.15) is 29.3 Å². The highest BCUT2D eigenvalue weighted by atomic mass is 19.1. The molecule has 2 aromatic carbocycles. The van der Waals surface area contributed by atoms with E-state index in [-0.39, 0.29) is 23.5 Å². The van der Waals surface area contributed by atoms with Crippen LogP contribution in [0.3, 0.4) is 0 Å². The van der Waals surface area contributed by atoms with Gasteiger partial charge in [0.25, 0.3) is 5.91 Å². The summed E-state index contributed by atoms with van der Waals surface area (Å²) in [6, 6.07) is 12.7. The standard InChI is InChI=1S/C19H19FN2O2/c1-12-10-17(12)19(24)21-11-13-2-4-14(5-3-13)18(23)22-16-8-6-15(20)7-9-16/h2-9,12,17H,10-11H2,1H3,(H,21,24)(H,22,23)/t12-,17+/m0/s1. The van der Waals surface area contributed by atoms with Crippen LogP contribution in [0.25, 0.3) is 0 Å². The third-order valence-electron chi connectivity index (χ3n) is 4.23. The second-order valence-electron chi connectivity index (χ2n) is 6.20. The van der Waals surface area contributed by atoms with Crippen molar-refractivity contribution in [3.05, 3.63) is 65.5 Å². The minimum absolute atomic E-state index is 0.0978. The van der Waals surface area contributed by atoms with E-state index in [9.17, 15) is 14.0 Å². The SMILES string of the molecule is C[C@H]1C[C@H]1C(=O)NCc1ccc(C(=O)Nc2ccc(F)cc2)cc1. The number of hydrogen-bond acceptors (Lipinski definition) is 2. The number of amides is 2. The Morgan fingerprint density at radius 2 is 1.71 bits per heavy atom. The molecule has 0 spiro atoms. The summed E-state index contributed by atoms with van der Waals surface area (Å²) in [5.74, 6) is 0.137. The van der Waals surface area contributed by atoms with E-state index in [1.165, 1.54) is 24.3 Å². The Kier molecular flexibility index (Phi) is 4.60. The van der Waals surface area contributed by atoms with Crippen LogP contribution in [0.2, 0.25) is 0 Å². The second kappa shape index (κ2) is 6.83. The molecule has 1 fully saturated rings. The van der Waals surface area contributed by atoms with E-state index in [1.807, 2.05) is 12.1 Å². The normalized spacial score (nSPS) is 18.8. The Bertz CT molecular complexity index is 741. The number of carbonyl (C=O) groups excluding carboxylic acids is 2. The van der Waals surface area contributed by atoms with Crippen molar-refractivity contribution < 1.29 is 14.0 Å². The average molecular weight is 326 g/mol. The molecular weight excluding hydrogens is 307 g/mol. The van der Waals surface area contributed by atoms with Crippen LogP contribution < -0.4 is 10.6 Å². The number of carbonyl (C=O) groups is 2. The molecule has 0 heterocycles. The molecule has 2 N–H and O–H groups in total. The molecular formula is C19H19FN2O2. The molecule has 4 nitrogen and oxygen atoms in total. The van der Waals surface area contributed by atoms with E-state index in [4.69, 9.17) is 0 Å². The van der Waals surface area contributed by atoms with E-state index in [1.54, 1.807) is 12.1 Å². The number of halogens is 1. The van der Waals surface area contributed by atoms with Gasteiger partial charge in [-0.25, -0.2) is 4.39 Å². The lowest BCUT2D eigenvalue weighted by molar-refractivity contribution is -0.122. The fourth-order valence-electron chi connectivity index (χ4n) is 2.52. The van der Waals surface area contributed by atoms with Gasteiger partial charge in [0.2, 0.25) is 5.91 Å². The van der Waals surface area contributed by atoms with E-state index >= 15 is 0 Å². The molecule has 2 atom stereocenters. The summed E-state index contributed by atoms with van der Waals surface area (Å²) >= 11 is 0. The largest absolute Gasteiger partial charge is 0.352 e. The molecule has 0 radical (unpaired) electrons. The van der Waals surface area contributed by atoms with Crippen molar-refractivity contribution in [2.24, 2.45) is 11.8 Å². The van der Waals surface area contributed by atoms with Crippen molar-refractivity contribution >= 4 is 17.5 Å². The zero-order chi connectivity index (χ0) is 17.1. The number of rotatable bonds is 5. The molecule has 1 aliphatic carbocycles. The lowest BCUT2D eigenvalue weighted by Gasteiger charge is -2.07. The third kappa shape index (κ3) is 3.98. The molecule has 0 aromatic heterocycles. The van der Waals surface area contributed by atoms with Crippen molar-refractivity contribution in [2.75, 3.05) is 5.32 Å². The van der Waals surface area contributed by atoms with Gasteiger partial charge in [-0.1, -0.05) is 19.1 Å². The van der Waals surface area contributed by atoms with Crippen molar-refractivity contribution in [2.45, 2.75) is 19.9 Å². The smallest absolute Gasteiger partial charge is 0.255 e. The van der Waals surface area contributed by atoms with Gasteiger partial charge >= 0.3 is 0 Å². The summed E-state index contributed by atoms with van der Waals surface area (Å²) in [6.07, 6.45) is 0.967. The van der Waals surface area contributed by atoms with Crippen molar-refractivity contribution in [1.29, 1.82) is 0 Å². The van der Waals surface area contributed by atoms with Crippen LogP contribution in [0, 0.1) is 17.7 Å².